The summed E-state index contributed by atoms with van der Waals surface area (Å²) in [5.74, 6) is 1.59. The zero-order valence-electron chi connectivity index (χ0n) is 7.96. The maximum Gasteiger partial charge on any atom is 0.121 e. The van der Waals surface area contributed by atoms with E-state index >= 15 is 0 Å². The summed E-state index contributed by atoms with van der Waals surface area (Å²) in [6.07, 6.45) is 6.47. The normalized spacial score (nSPS) is 34.9. The van der Waals surface area contributed by atoms with Crippen molar-refractivity contribution < 1.29 is 0 Å². The molecule has 2 heterocycles. The Morgan fingerprint density at radius 1 is 1.36 bits per heavy atom. The van der Waals surface area contributed by atoms with Crippen LogP contribution in [0, 0.1) is 5.92 Å². The Hall–Kier alpha value is -1.13. The molecule has 0 radical (unpaired) electrons. The van der Waals surface area contributed by atoms with Gasteiger partial charge in [-0.2, -0.15) is 0 Å². The second-order valence-corrected chi connectivity index (χ2v) is 3.85. The van der Waals surface area contributed by atoms with Gasteiger partial charge < -0.3 is 10.6 Å². The van der Waals surface area contributed by atoms with Crippen molar-refractivity contribution in [1.82, 2.24) is 16.0 Å². The van der Waals surface area contributed by atoms with Gasteiger partial charge in [-0.3, -0.25) is 10.3 Å². The molecule has 0 aromatic rings. The number of aliphatic imine (C=N–C) groups is 1. The average Bonchev–Trinajstić information content (AvgIpc) is 2.58. The molecule has 1 saturated heterocycles. The van der Waals surface area contributed by atoms with Crippen LogP contribution in [0.3, 0.4) is 0 Å². The summed E-state index contributed by atoms with van der Waals surface area (Å²) in [5, 5.41) is 10.2. The highest BCUT2D eigenvalue weighted by Crippen LogP contribution is 2.18. The maximum atomic E-state index is 4.44. The van der Waals surface area contributed by atoms with Crippen molar-refractivity contribution in [1.29, 1.82) is 0 Å². The number of rotatable bonds is 0. The molecule has 0 aromatic carbocycles. The van der Waals surface area contributed by atoms with Crippen LogP contribution in [0.1, 0.15) is 0 Å². The Bertz CT molecular complexity index is 329. The van der Waals surface area contributed by atoms with Gasteiger partial charge in [0.05, 0.1) is 12.7 Å². The molecule has 0 spiro atoms. The summed E-state index contributed by atoms with van der Waals surface area (Å²) in [7, 11) is 0. The Labute approximate surface area is 83.2 Å². The summed E-state index contributed by atoms with van der Waals surface area (Å²) in [6, 6.07) is 0.351. The van der Waals surface area contributed by atoms with E-state index in [1.165, 1.54) is 5.70 Å². The van der Waals surface area contributed by atoms with Gasteiger partial charge in [0.25, 0.3) is 0 Å². The van der Waals surface area contributed by atoms with Gasteiger partial charge in [0.2, 0.25) is 0 Å². The molecule has 14 heavy (non-hydrogen) atoms. The Balaban J connectivity index is 1.87. The fourth-order valence-corrected chi connectivity index (χ4v) is 2.10. The van der Waals surface area contributed by atoms with Gasteiger partial charge in [-0.25, -0.2) is 0 Å². The molecule has 74 valence electrons. The van der Waals surface area contributed by atoms with Crippen LogP contribution < -0.4 is 16.0 Å². The molecule has 1 fully saturated rings. The van der Waals surface area contributed by atoms with Crippen molar-refractivity contribution in [3.05, 3.63) is 23.9 Å². The van der Waals surface area contributed by atoms with Crippen LogP contribution in [0.4, 0.5) is 0 Å². The molecule has 2 atom stereocenters. The molecule has 3 N–H and O–H groups in total. The molecule has 2 aliphatic heterocycles. The van der Waals surface area contributed by atoms with Gasteiger partial charge in [0.1, 0.15) is 5.84 Å². The Morgan fingerprint density at radius 3 is 3.36 bits per heavy atom. The zero-order chi connectivity index (χ0) is 9.38. The second kappa shape index (κ2) is 3.22. The van der Waals surface area contributed by atoms with Crippen LogP contribution in [0.25, 0.3) is 0 Å². The summed E-state index contributed by atoms with van der Waals surface area (Å²) >= 11 is 0. The van der Waals surface area contributed by atoms with Crippen molar-refractivity contribution in [3.8, 4) is 0 Å². The molecule has 4 heteroatoms. The standard InChI is InChI=1S/C10H14N4/c1-2-7-4-12-9-5-11-6-13-10(9)14-8(7)3-1/h1-3,7,9,11-12H,4-6H2,(H,13,14). The number of amidine groups is 1. The van der Waals surface area contributed by atoms with E-state index in [0.717, 1.165) is 25.6 Å². The first kappa shape index (κ1) is 8.20. The number of hydrogen-bond donors (Lipinski definition) is 3. The maximum absolute atomic E-state index is 4.44. The lowest BCUT2D eigenvalue weighted by molar-refractivity contribution is 0.530. The summed E-state index contributed by atoms with van der Waals surface area (Å²) in [5.41, 5.74) is 1.28. The van der Waals surface area contributed by atoms with Crippen LogP contribution in [0.2, 0.25) is 0 Å². The number of fused-ring (bicyclic) bond motifs is 2. The number of nitrogens with zero attached hydrogens (tertiary/aromatic N) is 1. The average molecular weight is 190 g/mol. The van der Waals surface area contributed by atoms with Gasteiger partial charge in [0, 0.05) is 24.7 Å². The number of nitrogens with one attached hydrogen (secondary N) is 3. The molecule has 0 amide bonds. The van der Waals surface area contributed by atoms with Crippen molar-refractivity contribution in [2.45, 2.75) is 6.04 Å². The lowest BCUT2D eigenvalue weighted by Crippen LogP contribution is -2.51. The minimum atomic E-state index is 0.351. The SMILES string of the molecule is C1=CC2CNC3CNCN=C3NC2=C1. The highest BCUT2D eigenvalue weighted by atomic mass is 15.2. The van der Waals surface area contributed by atoms with Gasteiger partial charge in [-0.15, -0.1) is 0 Å². The van der Waals surface area contributed by atoms with E-state index in [4.69, 9.17) is 0 Å². The van der Waals surface area contributed by atoms with Gasteiger partial charge in [0.15, 0.2) is 0 Å². The third-order valence-corrected chi connectivity index (χ3v) is 2.91. The minimum Gasteiger partial charge on any atom is -0.346 e. The first-order valence-electron chi connectivity index (χ1n) is 5.07. The van der Waals surface area contributed by atoms with E-state index < -0.39 is 0 Å². The molecule has 0 saturated carbocycles. The first-order valence-corrected chi connectivity index (χ1v) is 5.07. The zero-order valence-corrected chi connectivity index (χ0v) is 7.96. The lowest BCUT2D eigenvalue weighted by Gasteiger charge is -2.22. The fourth-order valence-electron chi connectivity index (χ4n) is 2.10. The Kier molecular flexibility index (Phi) is 1.89. The van der Waals surface area contributed by atoms with Crippen LogP contribution in [-0.2, 0) is 0 Å². The molecule has 3 rings (SSSR count). The predicted molar refractivity (Wildman–Crippen MR) is 55.9 cm³/mol. The Morgan fingerprint density at radius 2 is 2.36 bits per heavy atom. The topological polar surface area (TPSA) is 48.5 Å². The quantitative estimate of drug-likeness (QED) is 0.486. The fraction of sp³-hybridized carbons (Fsp3) is 0.500. The van der Waals surface area contributed by atoms with Gasteiger partial charge >= 0.3 is 0 Å². The molecule has 4 nitrogen and oxygen atoms in total. The molecule has 2 unspecified atom stereocenters. The van der Waals surface area contributed by atoms with E-state index in [1.807, 2.05) is 0 Å². The highest BCUT2D eigenvalue weighted by Gasteiger charge is 2.27. The number of allylic oxidation sites excluding steroid dienone is 2. The second-order valence-electron chi connectivity index (χ2n) is 3.85. The van der Waals surface area contributed by atoms with Crippen LogP contribution >= 0.6 is 0 Å². The van der Waals surface area contributed by atoms with E-state index in [-0.39, 0.29) is 0 Å². The molecule has 3 aliphatic rings. The number of hydrogen-bond acceptors (Lipinski definition) is 4. The first-order chi connectivity index (χ1) is 6.93. The summed E-state index contributed by atoms with van der Waals surface area (Å²) in [4.78, 5) is 4.44. The smallest absolute Gasteiger partial charge is 0.121 e. The monoisotopic (exact) mass is 190 g/mol. The molecule has 1 aliphatic carbocycles. The van der Waals surface area contributed by atoms with E-state index in [2.05, 4.69) is 39.2 Å². The molecule has 0 aromatic heterocycles. The van der Waals surface area contributed by atoms with Crippen LogP contribution in [-0.4, -0.2) is 31.6 Å². The summed E-state index contributed by atoms with van der Waals surface area (Å²) < 4.78 is 0. The van der Waals surface area contributed by atoms with Crippen LogP contribution in [0.5, 0.6) is 0 Å². The molecular formula is C10H14N4. The van der Waals surface area contributed by atoms with Crippen molar-refractivity contribution >= 4 is 5.84 Å². The molecule has 0 bridgehead atoms. The lowest BCUT2D eigenvalue weighted by atomic mass is 10.1. The van der Waals surface area contributed by atoms with Crippen molar-refractivity contribution in [3.63, 3.8) is 0 Å². The predicted octanol–water partition coefficient (Wildman–Crippen LogP) is -0.423. The van der Waals surface area contributed by atoms with Crippen LogP contribution in [0.15, 0.2) is 28.9 Å². The largest absolute Gasteiger partial charge is 0.346 e. The molecular weight excluding hydrogens is 176 g/mol. The van der Waals surface area contributed by atoms with E-state index in [9.17, 15) is 0 Å². The minimum absolute atomic E-state index is 0.351. The van der Waals surface area contributed by atoms with Crippen molar-refractivity contribution in [2.75, 3.05) is 19.8 Å². The third-order valence-electron chi connectivity index (χ3n) is 2.91. The summed E-state index contributed by atoms with van der Waals surface area (Å²) in [6.45, 7) is 2.70. The van der Waals surface area contributed by atoms with E-state index in [0.29, 0.717) is 12.0 Å². The highest BCUT2D eigenvalue weighted by molar-refractivity contribution is 5.90. The van der Waals surface area contributed by atoms with Crippen molar-refractivity contribution in [2.24, 2.45) is 10.9 Å². The van der Waals surface area contributed by atoms with Gasteiger partial charge in [-0.1, -0.05) is 12.2 Å². The van der Waals surface area contributed by atoms with Gasteiger partial charge in [-0.05, 0) is 6.08 Å². The van der Waals surface area contributed by atoms with E-state index in [1.54, 1.807) is 0 Å². The third kappa shape index (κ3) is 1.27.